The van der Waals surface area contributed by atoms with Crippen LogP contribution in [-0.2, 0) is 0 Å². The molecule has 3 nitrogen and oxygen atoms in total. The summed E-state index contributed by atoms with van der Waals surface area (Å²) in [7, 11) is 2.16. The van der Waals surface area contributed by atoms with Crippen molar-refractivity contribution in [1.29, 1.82) is 5.26 Å². The molecule has 98 valence electrons. The van der Waals surface area contributed by atoms with E-state index in [9.17, 15) is 0 Å². The zero-order chi connectivity index (χ0) is 13.1. The second kappa shape index (κ2) is 5.84. The molecule has 1 aliphatic heterocycles. The third-order valence-electron chi connectivity index (χ3n) is 3.80. The summed E-state index contributed by atoms with van der Waals surface area (Å²) in [6.07, 6.45) is 2.46. The highest BCUT2D eigenvalue weighted by Gasteiger charge is 2.27. The minimum Gasteiger partial charge on any atom is -0.302 e. The van der Waals surface area contributed by atoms with E-state index in [1.807, 2.05) is 13.8 Å². The monoisotopic (exact) mass is 237 g/mol. The molecule has 1 rings (SSSR count). The maximum Gasteiger partial charge on any atom is 0.0697 e. The molecular formula is C14H27N3. The topological polar surface area (TPSA) is 30.3 Å². The van der Waals surface area contributed by atoms with E-state index in [0.29, 0.717) is 12.1 Å². The van der Waals surface area contributed by atoms with E-state index in [-0.39, 0.29) is 5.41 Å². The Bertz CT molecular complexity index is 270. The van der Waals surface area contributed by atoms with Crippen molar-refractivity contribution in [3.8, 4) is 6.07 Å². The highest BCUT2D eigenvalue weighted by molar-refractivity contribution is 4.95. The molecule has 0 aromatic rings. The van der Waals surface area contributed by atoms with Crippen LogP contribution in [-0.4, -0.2) is 48.6 Å². The fourth-order valence-corrected chi connectivity index (χ4v) is 2.63. The third kappa shape index (κ3) is 4.29. The van der Waals surface area contributed by atoms with Gasteiger partial charge in [0.2, 0.25) is 0 Å². The van der Waals surface area contributed by atoms with Gasteiger partial charge in [0.05, 0.1) is 11.5 Å². The number of rotatable bonds is 4. The molecule has 0 radical (unpaired) electrons. The number of nitrogens with zero attached hydrogens (tertiary/aromatic N) is 3. The molecule has 0 aromatic heterocycles. The van der Waals surface area contributed by atoms with Gasteiger partial charge in [0.15, 0.2) is 0 Å². The van der Waals surface area contributed by atoms with Crippen LogP contribution < -0.4 is 0 Å². The lowest BCUT2D eigenvalue weighted by Gasteiger charge is -2.39. The number of hydrogen-bond donors (Lipinski definition) is 0. The van der Waals surface area contributed by atoms with Crippen LogP contribution in [0.15, 0.2) is 0 Å². The molecule has 17 heavy (non-hydrogen) atoms. The van der Waals surface area contributed by atoms with Crippen molar-refractivity contribution < 1.29 is 0 Å². The van der Waals surface area contributed by atoms with Gasteiger partial charge in [-0.2, -0.15) is 5.26 Å². The zero-order valence-electron chi connectivity index (χ0n) is 12.0. The predicted octanol–water partition coefficient (Wildman–Crippen LogP) is 2.34. The second-order valence-corrected chi connectivity index (χ2v) is 6.27. The average molecular weight is 237 g/mol. The first-order valence-corrected chi connectivity index (χ1v) is 6.71. The van der Waals surface area contributed by atoms with E-state index in [1.54, 1.807) is 0 Å². The lowest BCUT2D eigenvalue weighted by atomic mass is 9.93. The molecule has 0 saturated carbocycles. The SMILES string of the molecule is CC(C)N1CCC(N(C)CC(C)(C)C#N)CC1. The van der Waals surface area contributed by atoms with Crippen LogP contribution in [0.4, 0.5) is 0 Å². The Hall–Kier alpha value is -0.590. The lowest BCUT2D eigenvalue weighted by Crippen LogP contribution is -2.47. The van der Waals surface area contributed by atoms with Crippen LogP contribution in [0.2, 0.25) is 0 Å². The van der Waals surface area contributed by atoms with Crippen LogP contribution in [0.1, 0.15) is 40.5 Å². The Labute approximate surface area is 106 Å². The van der Waals surface area contributed by atoms with Crippen LogP contribution in [0.25, 0.3) is 0 Å². The van der Waals surface area contributed by atoms with Crippen molar-refractivity contribution in [3.63, 3.8) is 0 Å². The van der Waals surface area contributed by atoms with Gasteiger partial charge < -0.3 is 9.80 Å². The molecule has 0 atom stereocenters. The highest BCUT2D eigenvalue weighted by Crippen LogP contribution is 2.21. The van der Waals surface area contributed by atoms with Crippen LogP contribution in [0.5, 0.6) is 0 Å². The van der Waals surface area contributed by atoms with E-state index < -0.39 is 0 Å². The van der Waals surface area contributed by atoms with Gasteiger partial charge in [0.25, 0.3) is 0 Å². The van der Waals surface area contributed by atoms with Crippen molar-refractivity contribution in [3.05, 3.63) is 0 Å². The van der Waals surface area contributed by atoms with Gasteiger partial charge >= 0.3 is 0 Å². The molecule has 0 N–H and O–H groups in total. The molecule has 1 fully saturated rings. The Balaban J connectivity index is 2.41. The van der Waals surface area contributed by atoms with Crippen LogP contribution in [0.3, 0.4) is 0 Å². The smallest absolute Gasteiger partial charge is 0.0697 e. The Morgan fingerprint density at radius 2 is 1.88 bits per heavy atom. The number of likely N-dealkylation sites (tertiary alicyclic amines) is 1. The van der Waals surface area contributed by atoms with E-state index in [0.717, 1.165) is 6.54 Å². The van der Waals surface area contributed by atoms with Crippen LogP contribution in [0, 0.1) is 16.7 Å². The van der Waals surface area contributed by atoms with Crippen molar-refractivity contribution in [1.82, 2.24) is 9.80 Å². The maximum atomic E-state index is 9.07. The maximum absolute atomic E-state index is 9.07. The lowest BCUT2D eigenvalue weighted by molar-refractivity contribution is 0.0938. The molecular weight excluding hydrogens is 210 g/mol. The van der Waals surface area contributed by atoms with Gasteiger partial charge in [-0.15, -0.1) is 0 Å². The van der Waals surface area contributed by atoms with Crippen LogP contribution >= 0.6 is 0 Å². The van der Waals surface area contributed by atoms with Gasteiger partial charge in [0, 0.05) is 18.6 Å². The highest BCUT2D eigenvalue weighted by atomic mass is 15.2. The number of nitriles is 1. The summed E-state index contributed by atoms with van der Waals surface area (Å²) in [5.41, 5.74) is -0.232. The van der Waals surface area contributed by atoms with E-state index in [2.05, 4.69) is 36.8 Å². The molecule has 0 unspecified atom stereocenters. The number of piperidine rings is 1. The van der Waals surface area contributed by atoms with Gasteiger partial charge in [-0.1, -0.05) is 0 Å². The Morgan fingerprint density at radius 1 is 1.35 bits per heavy atom. The first kappa shape index (κ1) is 14.5. The summed E-state index contributed by atoms with van der Waals surface area (Å²) < 4.78 is 0. The first-order valence-electron chi connectivity index (χ1n) is 6.71. The van der Waals surface area contributed by atoms with Gasteiger partial charge in [-0.05, 0) is 60.7 Å². The van der Waals surface area contributed by atoms with Gasteiger partial charge in [-0.25, -0.2) is 0 Å². The molecule has 0 amide bonds. The number of hydrogen-bond acceptors (Lipinski definition) is 3. The molecule has 0 aliphatic carbocycles. The fraction of sp³-hybridized carbons (Fsp3) is 0.929. The van der Waals surface area contributed by atoms with E-state index in [4.69, 9.17) is 5.26 Å². The molecule has 1 heterocycles. The average Bonchev–Trinajstić information content (AvgIpc) is 2.28. The summed E-state index contributed by atoms with van der Waals surface area (Å²) in [6, 6.07) is 3.70. The summed E-state index contributed by atoms with van der Waals surface area (Å²) >= 11 is 0. The van der Waals surface area contributed by atoms with E-state index >= 15 is 0 Å². The molecule has 1 aliphatic rings. The normalized spacial score (nSPS) is 19.9. The minimum atomic E-state index is -0.232. The van der Waals surface area contributed by atoms with Gasteiger partial charge in [-0.3, -0.25) is 0 Å². The second-order valence-electron chi connectivity index (χ2n) is 6.27. The Morgan fingerprint density at radius 3 is 2.29 bits per heavy atom. The standard InChI is InChI=1S/C14H27N3/c1-12(2)17-8-6-13(7-9-17)16(5)11-14(3,4)10-15/h12-13H,6-9,11H2,1-5H3. The largest absolute Gasteiger partial charge is 0.302 e. The molecule has 3 heteroatoms. The molecule has 0 spiro atoms. The third-order valence-corrected chi connectivity index (χ3v) is 3.80. The summed E-state index contributed by atoms with van der Waals surface area (Å²) in [5.74, 6) is 0. The van der Waals surface area contributed by atoms with Crippen molar-refractivity contribution in [2.45, 2.75) is 52.6 Å². The predicted molar refractivity (Wildman–Crippen MR) is 71.8 cm³/mol. The van der Waals surface area contributed by atoms with Crippen molar-refractivity contribution >= 4 is 0 Å². The van der Waals surface area contributed by atoms with Gasteiger partial charge in [0.1, 0.15) is 0 Å². The van der Waals surface area contributed by atoms with E-state index in [1.165, 1.54) is 25.9 Å². The molecule has 0 bridgehead atoms. The Kier molecular flexibility index (Phi) is 4.97. The minimum absolute atomic E-state index is 0.232. The van der Waals surface area contributed by atoms with Crippen molar-refractivity contribution in [2.24, 2.45) is 5.41 Å². The first-order chi connectivity index (χ1) is 7.85. The van der Waals surface area contributed by atoms with Crippen molar-refractivity contribution in [2.75, 3.05) is 26.7 Å². The summed E-state index contributed by atoms with van der Waals surface area (Å²) in [5, 5.41) is 9.07. The summed E-state index contributed by atoms with van der Waals surface area (Å²) in [4.78, 5) is 4.92. The molecule has 0 aromatic carbocycles. The fourth-order valence-electron chi connectivity index (χ4n) is 2.63. The quantitative estimate of drug-likeness (QED) is 0.752. The summed E-state index contributed by atoms with van der Waals surface area (Å²) in [6.45, 7) is 11.8. The molecule has 1 saturated heterocycles. The zero-order valence-corrected chi connectivity index (χ0v) is 12.0.